The SMILES string of the molecule is Cc1ccc(CN(CCN(C)C)S(=O)(=O)c2c(Cl)cccc2Cl)o1. The van der Waals surface area contributed by atoms with Crippen LogP contribution in [0.2, 0.25) is 10.0 Å². The van der Waals surface area contributed by atoms with Gasteiger partial charge in [-0.1, -0.05) is 29.3 Å². The molecule has 0 N–H and O–H groups in total. The number of nitrogens with zero attached hydrogens (tertiary/aromatic N) is 2. The van der Waals surface area contributed by atoms with Gasteiger partial charge < -0.3 is 9.32 Å². The second kappa shape index (κ2) is 7.89. The van der Waals surface area contributed by atoms with Crippen molar-refractivity contribution < 1.29 is 12.8 Å². The van der Waals surface area contributed by atoms with Crippen LogP contribution in [0.4, 0.5) is 0 Å². The van der Waals surface area contributed by atoms with E-state index in [-0.39, 0.29) is 28.0 Å². The maximum Gasteiger partial charge on any atom is 0.246 e. The van der Waals surface area contributed by atoms with E-state index in [1.807, 2.05) is 25.9 Å². The number of halogens is 2. The highest BCUT2D eigenvalue weighted by molar-refractivity contribution is 7.89. The summed E-state index contributed by atoms with van der Waals surface area (Å²) < 4.78 is 33.0. The van der Waals surface area contributed by atoms with Crippen LogP contribution in [-0.4, -0.2) is 44.8 Å². The molecule has 1 heterocycles. The fourth-order valence-electron chi connectivity index (χ4n) is 2.20. The van der Waals surface area contributed by atoms with Crippen molar-refractivity contribution in [3.63, 3.8) is 0 Å². The fourth-order valence-corrected chi connectivity index (χ4v) is 4.69. The lowest BCUT2D eigenvalue weighted by molar-refractivity contribution is 0.310. The van der Waals surface area contributed by atoms with Crippen molar-refractivity contribution in [2.24, 2.45) is 0 Å². The van der Waals surface area contributed by atoms with Gasteiger partial charge in [0.1, 0.15) is 16.4 Å². The van der Waals surface area contributed by atoms with Gasteiger partial charge in [-0.2, -0.15) is 4.31 Å². The molecule has 2 aromatic rings. The van der Waals surface area contributed by atoms with Gasteiger partial charge in [-0.25, -0.2) is 8.42 Å². The Morgan fingerprint density at radius 3 is 2.17 bits per heavy atom. The molecule has 1 aromatic carbocycles. The minimum absolute atomic E-state index is 0.0737. The van der Waals surface area contributed by atoms with Gasteiger partial charge in [-0.15, -0.1) is 0 Å². The number of hydrogen-bond donors (Lipinski definition) is 0. The summed E-state index contributed by atoms with van der Waals surface area (Å²) in [4.78, 5) is 1.83. The van der Waals surface area contributed by atoms with E-state index in [9.17, 15) is 8.42 Å². The van der Waals surface area contributed by atoms with Crippen LogP contribution in [0.3, 0.4) is 0 Å². The highest BCUT2D eigenvalue weighted by atomic mass is 35.5. The predicted octanol–water partition coefficient (Wildman–Crippen LogP) is 3.65. The monoisotopic (exact) mass is 390 g/mol. The maximum atomic E-state index is 13.1. The van der Waals surface area contributed by atoms with Gasteiger partial charge >= 0.3 is 0 Å². The van der Waals surface area contributed by atoms with Gasteiger partial charge in [0.05, 0.1) is 16.6 Å². The van der Waals surface area contributed by atoms with Crippen molar-refractivity contribution >= 4 is 33.2 Å². The standard InChI is InChI=1S/C16H20Cl2N2O3S/c1-12-7-8-13(23-12)11-20(10-9-19(2)3)24(21,22)16-14(17)5-4-6-15(16)18/h4-8H,9-11H2,1-3H3. The smallest absolute Gasteiger partial charge is 0.246 e. The highest BCUT2D eigenvalue weighted by Crippen LogP contribution is 2.32. The van der Waals surface area contributed by atoms with Gasteiger partial charge in [0.15, 0.2) is 0 Å². The number of hydrogen-bond acceptors (Lipinski definition) is 4. The topological polar surface area (TPSA) is 53.8 Å². The Morgan fingerprint density at radius 1 is 1.04 bits per heavy atom. The van der Waals surface area contributed by atoms with Crippen molar-refractivity contribution in [3.8, 4) is 0 Å². The molecule has 1 aromatic heterocycles. The summed E-state index contributed by atoms with van der Waals surface area (Å²) in [5.41, 5.74) is 0. The van der Waals surface area contributed by atoms with Crippen molar-refractivity contribution in [1.29, 1.82) is 0 Å². The van der Waals surface area contributed by atoms with Crippen molar-refractivity contribution in [3.05, 3.63) is 51.9 Å². The number of rotatable bonds is 7. The normalized spacial score (nSPS) is 12.3. The maximum absolute atomic E-state index is 13.1. The predicted molar refractivity (Wildman–Crippen MR) is 96.1 cm³/mol. The lowest BCUT2D eigenvalue weighted by Crippen LogP contribution is -2.36. The van der Waals surface area contributed by atoms with Crippen LogP contribution < -0.4 is 0 Å². The molecule has 0 aliphatic heterocycles. The van der Waals surface area contributed by atoms with Gasteiger partial charge in [0.25, 0.3) is 0 Å². The Balaban J connectivity index is 2.40. The molecular weight excluding hydrogens is 371 g/mol. The Morgan fingerprint density at radius 2 is 1.67 bits per heavy atom. The van der Waals surface area contributed by atoms with E-state index < -0.39 is 10.0 Å². The number of benzene rings is 1. The molecule has 0 aliphatic carbocycles. The average molecular weight is 391 g/mol. The van der Waals surface area contributed by atoms with Crippen molar-refractivity contribution in [2.75, 3.05) is 27.2 Å². The Kier molecular flexibility index (Phi) is 6.33. The van der Waals surface area contributed by atoms with Crippen molar-refractivity contribution in [1.82, 2.24) is 9.21 Å². The van der Waals surface area contributed by atoms with Crippen LogP contribution in [-0.2, 0) is 16.6 Å². The summed E-state index contributed by atoms with van der Waals surface area (Å²) in [6.07, 6.45) is 0. The molecule has 0 bridgehead atoms. The van der Waals surface area contributed by atoms with E-state index in [2.05, 4.69) is 0 Å². The third-order valence-corrected chi connectivity index (χ3v) is 6.24. The van der Waals surface area contributed by atoms with Crippen LogP contribution >= 0.6 is 23.2 Å². The molecule has 0 spiro atoms. The van der Waals surface area contributed by atoms with E-state index >= 15 is 0 Å². The lowest BCUT2D eigenvalue weighted by atomic mass is 10.4. The molecule has 0 saturated carbocycles. The first-order chi connectivity index (χ1) is 11.2. The third kappa shape index (κ3) is 4.52. The largest absolute Gasteiger partial charge is 0.465 e. The van der Waals surface area contributed by atoms with Gasteiger partial charge in [-0.05, 0) is 45.3 Å². The molecule has 2 rings (SSSR count). The number of aryl methyl sites for hydroxylation is 1. The van der Waals surface area contributed by atoms with E-state index in [1.54, 1.807) is 18.2 Å². The zero-order valence-corrected chi connectivity index (χ0v) is 16.1. The van der Waals surface area contributed by atoms with E-state index in [0.717, 1.165) is 5.76 Å². The molecule has 0 amide bonds. The molecule has 0 unspecified atom stereocenters. The van der Waals surface area contributed by atoms with Crippen LogP contribution in [0.15, 0.2) is 39.6 Å². The summed E-state index contributed by atoms with van der Waals surface area (Å²) in [7, 11) is -0.106. The molecule has 0 atom stereocenters. The zero-order chi connectivity index (χ0) is 17.9. The van der Waals surface area contributed by atoms with Crippen LogP contribution in [0.5, 0.6) is 0 Å². The first-order valence-electron chi connectivity index (χ1n) is 7.36. The average Bonchev–Trinajstić information content (AvgIpc) is 2.88. The molecule has 8 heteroatoms. The number of likely N-dealkylation sites (N-methyl/N-ethyl adjacent to an activating group) is 1. The van der Waals surface area contributed by atoms with Crippen LogP contribution in [0.1, 0.15) is 11.5 Å². The lowest BCUT2D eigenvalue weighted by Gasteiger charge is -2.24. The summed E-state index contributed by atoms with van der Waals surface area (Å²) in [6, 6.07) is 8.21. The van der Waals surface area contributed by atoms with Gasteiger partial charge in [-0.3, -0.25) is 0 Å². The molecule has 0 saturated heterocycles. The molecule has 132 valence electrons. The Labute approximate surface area is 152 Å². The summed E-state index contributed by atoms with van der Waals surface area (Å²) in [5.74, 6) is 1.30. The Hall–Kier alpha value is -1.05. The van der Waals surface area contributed by atoms with Crippen LogP contribution in [0, 0.1) is 6.92 Å². The minimum atomic E-state index is -3.86. The summed E-state index contributed by atoms with van der Waals surface area (Å²) in [6.45, 7) is 2.77. The number of furan rings is 1. The molecular formula is C16H20Cl2N2O3S. The fraction of sp³-hybridized carbons (Fsp3) is 0.375. The van der Waals surface area contributed by atoms with Gasteiger partial charge in [0, 0.05) is 13.1 Å². The third-order valence-electron chi connectivity index (χ3n) is 3.44. The first kappa shape index (κ1) is 19.3. The van der Waals surface area contributed by atoms with Crippen LogP contribution in [0.25, 0.3) is 0 Å². The molecule has 0 fully saturated rings. The molecule has 0 radical (unpaired) electrons. The molecule has 24 heavy (non-hydrogen) atoms. The van der Waals surface area contributed by atoms with E-state index in [4.69, 9.17) is 27.6 Å². The summed E-state index contributed by atoms with van der Waals surface area (Å²) in [5, 5.41) is 0.209. The zero-order valence-electron chi connectivity index (χ0n) is 13.8. The quantitative estimate of drug-likeness (QED) is 0.723. The summed E-state index contributed by atoms with van der Waals surface area (Å²) >= 11 is 12.2. The highest BCUT2D eigenvalue weighted by Gasteiger charge is 2.29. The first-order valence-corrected chi connectivity index (χ1v) is 9.55. The van der Waals surface area contributed by atoms with Gasteiger partial charge in [0.2, 0.25) is 10.0 Å². The van der Waals surface area contributed by atoms with E-state index in [0.29, 0.717) is 12.3 Å². The molecule has 0 aliphatic rings. The minimum Gasteiger partial charge on any atom is -0.465 e. The number of sulfonamides is 1. The molecule has 5 nitrogen and oxygen atoms in total. The van der Waals surface area contributed by atoms with Crippen molar-refractivity contribution in [2.45, 2.75) is 18.4 Å². The second-order valence-electron chi connectivity index (χ2n) is 5.71. The second-order valence-corrected chi connectivity index (χ2v) is 8.39. The van der Waals surface area contributed by atoms with E-state index in [1.165, 1.54) is 16.4 Å². The Bertz CT molecular complexity index is 783.